The van der Waals surface area contributed by atoms with Crippen LogP contribution in [0.2, 0.25) is 0 Å². The number of pyridine rings is 1. The van der Waals surface area contributed by atoms with Crippen LogP contribution in [0.15, 0.2) is 65.8 Å². The molecule has 4 nitrogen and oxygen atoms in total. The van der Waals surface area contributed by atoms with Gasteiger partial charge < -0.3 is 9.64 Å². The van der Waals surface area contributed by atoms with Crippen LogP contribution in [0.25, 0.3) is 10.8 Å². The summed E-state index contributed by atoms with van der Waals surface area (Å²) in [6, 6.07) is 19.4. The molecule has 0 unspecified atom stereocenters. The average molecular weight is 390 g/mol. The highest BCUT2D eigenvalue weighted by Gasteiger charge is 2.46. The number of benzene rings is 2. The molecule has 142 valence electrons. The third kappa shape index (κ3) is 2.68. The van der Waals surface area contributed by atoms with Crippen molar-refractivity contribution in [2.75, 3.05) is 12.9 Å². The molecule has 3 atom stereocenters. The molecular weight excluding hydrogens is 366 g/mol. The molecule has 0 saturated carbocycles. The van der Waals surface area contributed by atoms with E-state index < -0.39 is 0 Å². The monoisotopic (exact) mass is 389 g/mol. The third-order valence-electron chi connectivity index (χ3n) is 5.78. The van der Waals surface area contributed by atoms with E-state index in [-0.39, 0.29) is 12.1 Å². The van der Waals surface area contributed by atoms with E-state index in [1.54, 1.807) is 7.11 Å². The van der Waals surface area contributed by atoms with Crippen LogP contribution in [0.3, 0.4) is 0 Å². The van der Waals surface area contributed by atoms with Gasteiger partial charge in [-0.25, -0.2) is 0 Å². The van der Waals surface area contributed by atoms with E-state index in [9.17, 15) is 0 Å². The van der Waals surface area contributed by atoms with Crippen molar-refractivity contribution in [3.8, 4) is 5.75 Å². The van der Waals surface area contributed by atoms with Gasteiger partial charge in [0.05, 0.1) is 18.8 Å². The number of methoxy groups -OCH3 is 1. The highest BCUT2D eigenvalue weighted by atomic mass is 32.2. The summed E-state index contributed by atoms with van der Waals surface area (Å²) in [4.78, 5) is 12.3. The van der Waals surface area contributed by atoms with Crippen LogP contribution in [0.5, 0.6) is 5.75 Å². The van der Waals surface area contributed by atoms with Gasteiger partial charge in [-0.1, -0.05) is 55.1 Å². The molecule has 0 amide bonds. The zero-order chi connectivity index (χ0) is 19.1. The van der Waals surface area contributed by atoms with E-state index in [1.165, 1.54) is 16.3 Å². The van der Waals surface area contributed by atoms with E-state index in [1.807, 2.05) is 30.1 Å². The van der Waals surface area contributed by atoms with Crippen molar-refractivity contribution in [1.29, 1.82) is 0 Å². The number of aromatic nitrogens is 1. The summed E-state index contributed by atoms with van der Waals surface area (Å²) in [6.07, 6.45) is 2.96. The Morgan fingerprint density at radius 1 is 1.11 bits per heavy atom. The van der Waals surface area contributed by atoms with E-state index in [2.05, 4.69) is 59.3 Å². The van der Waals surface area contributed by atoms with Crippen LogP contribution in [0.4, 0.5) is 0 Å². The van der Waals surface area contributed by atoms with E-state index in [0.717, 1.165) is 28.8 Å². The maximum absolute atomic E-state index is 5.86. The fraction of sp³-hybridized carbons (Fsp3) is 0.304. The molecule has 1 fully saturated rings. The zero-order valence-corrected chi connectivity index (χ0v) is 16.9. The molecule has 3 aromatic rings. The number of thioether (sulfide) groups is 1. The number of rotatable bonds is 4. The summed E-state index contributed by atoms with van der Waals surface area (Å²) in [7, 11) is 1.76. The maximum Gasteiger partial charge on any atom is 0.160 e. The summed E-state index contributed by atoms with van der Waals surface area (Å²) in [5.41, 5.74) is 2.23. The van der Waals surface area contributed by atoms with Gasteiger partial charge in [-0.2, -0.15) is 0 Å². The molecule has 2 aliphatic rings. The largest absolute Gasteiger partial charge is 0.496 e. The fourth-order valence-corrected chi connectivity index (χ4v) is 5.76. The lowest BCUT2D eigenvalue weighted by Crippen LogP contribution is -2.35. The van der Waals surface area contributed by atoms with Gasteiger partial charge in [0, 0.05) is 23.6 Å². The molecule has 5 heteroatoms. The minimum atomic E-state index is -0.0299. The summed E-state index contributed by atoms with van der Waals surface area (Å²) >= 11 is 1.87. The molecule has 1 aromatic heterocycles. The maximum atomic E-state index is 5.86. The number of fused-ring (bicyclic) bond motifs is 2. The van der Waals surface area contributed by atoms with Crippen LogP contribution >= 0.6 is 11.8 Å². The number of amidine groups is 1. The lowest BCUT2D eigenvalue weighted by Gasteiger charge is -2.33. The van der Waals surface area contributed by atoms with Crippen LogP contribution in [0, 0.1) is 0 Å². The van der Waals surface area contributed by atoms with Gasteiger partial charge in [0.2, 0.25) is 0 Å². The molecule has 2 aliphatic heterocycles. The van der Waals surface area contributed by atoms with Crippen LogP contribution < -0.4 is 4.74 Å². The Morgan fingerprint density at radius 2 is 1.96 bits per heavy atom. The SMILES string of the molecule is CC[C@@H]1CSC2=N[C@@H](c3ccccn3)[C@H](c3c(OC)ccc4ccccc34)N21. The predicted molar refractivity (Wildman–Crippen MR) is 116 cm³/mol. The van der Waals surface area contributed by atoms with Crippen LogP contribution in [-0.4, -0.2) is 34.0 Å². The van der Waals surface area contributed by atoms with E-state index in [4.69, 9.17) is 9.73 Å². The van der Waals surface area contributed by atoms with Crippen LogP contribution in [-0.2, 0) is 0 Å². The summed E-state index contributed by atoms with van der Waals surface area (Å²) < 4.78 is 5.86. The summed E-state index contributed by atoms with van der Waals surface area (Å²) in [5.74, 6) is 2.02. The Balaban J connectivity index is 1.75. The number of aliphatic imine (C=N–C) groups is 1. The molecule has 0 aliphatic carbocycles. The highest BCUT2D eigenvalue weighted by Crippen LogP contribution is 2.52. The second-order valence-electron chi connectivity index (χ2n) is 7.24. The first-order chi connectivity index (χ1) is 13.8. The van der Waals surface area contributed by atoms with Crippen molar-refractivity contribution in [3.63, 3.8) is 0 Å². The van der Waals surface area contributed by atoms with Gasteiger partial charge in [-0.3, -0.25) is 9.98 Å². The standard InChI is InChI=1S/C23H23N3OS/c1-3-16-14-28-23-25-21(18-10-6-7-13-24-18)22(26(16)23)20-17-9-5-4-8-15(17)11-12-19(20)27-2/h4-13,16,21-22H,3,14H2,1-2H3/t16-,21+,22+/m1/s1. The smallest absolute Gasteiger partial charge is 0.160 e. The predicted octanol–water partition coefficient (Wildman–Crippen LogP) is 5.22. The summed E-state index contributed by atoms with van der Waals surface area (Å²) in [5, 5.41) is 3.60. The Kier molecular flexibility index (Phi) is 4.47. The third-order valence-corrected chi connectivity index (χ3v) is 6.90. The van der Waals surface area contributed by atoms with Crippen LogP contribution in [0.1, 0.15) is 36.7 Å². The first kappa shape index (κ1) is 17.6. The van der Waals surface area contributed by atoms with Crippen molar-refractivity contribution in [1.82, 2.24) is 9.88 Å². The molecule has 28 heavy (non-hydrogen) atoms. The van der Waals surface area contributed by atoms with E-state index >= 15 is 0 Å². The number of nitrogens with zero attached hydrogens (tertiary/aromatic N) is 3. The highest BCUT2D eigenvalue weighted by molar-refractivity contribution is 8.14. The first-order valence-electron chi connectivity index (χ1n) is 9.77. The molecule has 2 aromatic carbocycles. The van der Waals surface area contributed by atoms with Crippen molar-refractivity contribution in [3.05, 3.63) is 72.1 Å². The van der Waals surface area contributed by atoms with Crippen molar-refractivity contribution in [2.45, 2.75) is 31.5 Å². The first-order valence-corrected chi connectivity index (χ1v) is 10.8. The molecule has 1 saturated heterocycles. The molecule has 5 rings (SSSR count). The minimum Gasteiger partial charge on any atom is -0.496 e. The number of hydrogen-bond donors (Lipinski definition) is 0. The lowest BCUT2D eigenvalue weighted by atomic mass is 9.90. The Bertz CT molecular complexity index is 1040. The average Bonchev–Trinajstić information content (AvgIpc) is 3.32. The topological polar surface area (TPSA) is 37.7 Å². The molecule has 3 heterocycles. The Labute approximate surface area is 169 Å². The minimum absolute atomic E-state index is 0.0299. The quantitative estimate of drug-likeness (QED) is 0.613. The Morgan fingerprint density at radius 3 is 2.75 bits per heavy atom. The number of ether oxygens (including phenoxy) is 1. The molecule has 0 N–H and O–H groups in total. The van der Waals surface area contributed by atoms with Gasteiger partial charge in [-0.15, -0.1) is 0 Å². The fourth-order valence-electron chi connectivity index (χ4n) is 4.42. The lowest BCUT2D eigenvalue weighted by molar-refractivity contribution is 0.250. The van der Waals surface area contributed by atoms with Crippen molar-refractivity contribution in [2.24, 2.45) is 4.99 Å². The Hall–Kier alpha value is -2.53. The second-order valence-corrected chi connectivity index (χ2v) is 8.23. The van der Waals surface area contributed by atoms with Gasteiger partial charge in [0.1, 0.15) is 11.8 Å². The van der Waals surface area contributed by atoms with Crippen molar-refractivity contribution < 1.29 is 4.74 Å². The zero-order valence-electron chi connectivity index (χ0n) is 16.1. The second kappa shape index (κ2) is 7.13. The normalized spacial score (nSPS) is 23.7. The molecule has 0 radical (unpaired) electrons. The van der Waals surface area contributed by atoms with Gasteiger partial charge in [0.15, 0.2) is 5.17 Å². The van der Waals surface area contributed by atoms with Crippen molar-refractivity contribution >= 4 is 27.7 Å². The van der Waals surface area contributed by atoms with Gasteiger partial charge in [-0.05, 0) is 35.4 Å². The van der Waals surface area contributed by atoms with Gasteiger partial charge >= 0.3 is 0 Å². The molecule has 0 spiro atoms. The summed E-state index contributed by atoms with van der Waals surface area (Å²) in [6.45, 7) is 2.26. The van der Waals surface area contributed by atoms with E-state index in [0.29, 0.717) is 6.04 Å². The van der Waals surface area contributed by atoms with Gasteiger partial charge in [0.25, 0.3) is 0 Å². The number of hydrogen-bond acceptors (Lipinski definition) is 5. The molecular formula is C23H23N3OS. The molecule has 0 bridgehead atoms.